The van der Waals surface area contributed by atoms with Crippen LogP contribution in [0.4, 0.5) is 5.69 Å². The number of benzene rings is 1. The second-order valence-electron chi connectivity index (χ2n) is 7.72. The van der Waals surface area contributed by atoms with E-state index in [4.69, 9.17) is 0 Å². The average molecular weight is 408 g/mol. The van der Waals surface area contributed by atoms with E-state index in [0.717, 1.165) is 6.42 Å². The van der Waals surface area contributed by atoms with Crippen LogP contribution in [0.25, 0.3) is 0 Å². The molecule has 1 fully saturated rings. The molecule has 28 heavy (non-hydrogen) atoms. The third-order valence-corrected chi connectivity index (χ3v) is 7.06. The lowest BCUT2D eigenvalue weighted by atomic mass is 9.77. The van der Waals surface area contributed by atoms with Crippen LogP contribution in [0.3, 0.4) is 0 Å². The van der Waals surface area contributed by atoms with Gasteiger partial charge in [-0.1, -0.05) is 26.7 Å². The molecule has 9 heteroatoms. The number of amides is 1. The Morgan fingerprint density at radius 1 is 1.21 bits per heavy atom. The maximum atomic E-state index is 12.6. The number of nitrogens with zero attached hydrogens (tertiary/aromatic N) is 2. The Labute approximate surface area is 166 Å². The van der Waals surface area contributed by atoms with E-state index in [2.05, 4.69) is 39.1 Å². The van der Waals surface area contributed by atoms with Gasteiger partial charge in [-0.25, -0.2) is 18.1 Å². The minimum absolute atomic E-state index is 0.114. The zero-order valence-electron chi connectivity index (χ0n) is 16.6. The predicted octanol–water partition coefficient (Wildman–Crippen LogP) is 1.92. The molecule has 154 valence electrons. The van der Waals surface area contributed by atoms with E-state index in [9.17, 15) is 13.2 Å². The van der Waals surface area contributed by atoms with Gasteiger partial charge in [-0.2, -0.15) is 0 Å². The summed E-state index contributed by atoms with van der Waals surface area (Å²) in [7, 11) is -3.74. The molecule has 3 atom stereocenters. The first-order valence-electron chi connectivity index (χ1n) is 9.69. The van der Waals surface area contributed by atoms with Gasteiger partial charge in [-0.05, 0) is 42.5 Å². The van der Waals surface area contributed by atoms with E-state index in [0.29, 0.717) is 36.9 Å². The van der Waals surface area contributed by atoms with Gasteiger partial charge in [0.2, 0.25) is 11.9 Å². The van der Waals surface area contributed by atoms with Gasteiger partial charge in [-0.3, -0.25) is 9.69 Å². The molecule has 1 amide bonds. The van der Waals surface area contributed by atoms with Gasteiger partial charge < -0.3 is 10.6 Å². The molecule has 0 saturated heterocycles. The number of sulfonamides is 1. The van der Waals surface area contributed by atoms with Crippen LogP contribution in [-0.2, 0) is 14.8 Å². The topological polar surface area (TPSA) is 103 Å². The van der Waals surface area contributed by atoms with Crippen LogP contribution in [0, 0.1) is 11.8 Å². The first kappa shape index (κ1) is 20.6. The minimum Gasteiger partial charge on any atom is -0.343 e. The molecule has 1 heterocycles. The van der Waals surface area contributed by atoms with Gasteiger partial charge in [0.05, 0.1) is 18.2 Å². The van der Waals surface area contributed by atoms with Crippen LogP contribution in [-0.4, -0.2) is 44.6 Å². The van der Waals surface area contributed by atoms with Crippen molar-refractivity contribution in [2.45, 2.75) is 51.0 Å². The van der Waals surface area contributed by atoms with Crippen molar-refractivity contribution in [1.82, 2.24) is 14.9 Å². The van der Waals surface area contributed by atoms with Crippen molar-refractivity contribution in [3.63, 3.8) is 0 Å². The van der Waals surface area contributed by atoms with E-state index in [1.165, 1.54) is 31.9 Å². The third kappa shape index (κ3) is 4.82. The Morgan fingerprint density at radius 3 is 2.54 bits per heavy atom. The number of hydrogen-bond acceptors (Lipinski definition) is 6. The van der Waals surface area contributed by atoms with Crippen molar-refractivity contribution in [3.05, 3.63) is 24.3 Å². The lowest BCUT2D eigenvalue weighted by Crippen LogP contribution is -2.55. The summed E-state index contributed by atoms with van der Waals surface area (Å²) in [6, 6.07) is 6.49. The molecule has 0 bridgehead atoms. The Morgan fingerprint density at radius 2 is 1.93 bits per heavy atom. The Balaban J connectivity index is 1.62. The fourth-order valence-electron chi connectivity index (χ4n) is 3.91. The molecule has 1 aliphatic heterocycles. The van der Waals surface area contributed by atoms with Gasteiger partial charge >= 0.3 is 0 Å². The zero-order valence-corrected chi connectivity index (χ0v) is 17.4. The molecule has 0 unspecified atom stereocenters. The van der Waals surface area contributed by atoms with Crippen molar-refractivity contribution in [2.24, 2.45) is 16.8 Å². The van der Waals surface area contributed by atoms with Crippen molar-refractivity contribution in [3.8, 4) is 0 Å². The normalized spacial score (nSPS) is 26.1. The van der Waals surface area contributed by atoms with E-state index in [1.807, 2.05) is 0 Å². The standard InChI is InChI=1S/C19H29N5O3S/c1-13-5-4-6-18(14(13)2)24-11-20-19(21-12-24)23-28(26,27)17-9-7-16(8-10-17)22-15(3)25/h7-10,13-14,18H,4-6,11-12H2,1-3H3,(H,22,25)(H2,20,21,23)/t13-,14+,18-/m1/s1. The molecule has 1 saturated carbocycles. The van der Waals surface area contributed by atoms with Crippen molar-refractivity contribution in [2.75, 3.05) is 18.7 Å². The van der Waals surface area contributed by atoms with Gasteiger partial charge in [0.25, 0.3) is 10.0 Å². The molecule has 0 spiro atoms. The van der Waals surface area contributed by atoms with Crippen LogP contribution in [0.15, 0.2) is 34.2 Å². The molecule has 3 rings (SSSR count). The van der Waals surface area contributed by atoms with E-state index < -0.39 is 10.0 Å². The highest BCUT2D eigenvalue weighted by molar-refractivity contribution is 7.90. The lowest BCUT2D eigenvalue weighted by Gasteiger charge is -2.42. The largest absolute Gasteiger partial charge is 0.343 e. The predicted molar refractivity (Wildman–Crippen MR) is 109 cm³/mol. The fraction of sp³-hybridized carbons (Fsp3) is 0.579. The second kappa shape index (κ2) is 8.48. The second-order valence-corrected chi connectivity index (χ2v) is 9.40. The van der Waals surface area contributed by atoms with Gasteiger partial charge in [0.15, 0.2) is 0 Å². The van der Waals surface area contributed by atoms with Gasteiger partial charge in [0.1, 0.15) is 0 Å². The number of rotatable bonds is 4. The Kier molecular flexibility index (Phi) is 6.24. The van der Waals surface area contributed by atoms with Crippen molar-refractivity contribution < 1.29 is 13.2 Å². The number of carbonyl (C=O) groups is 1. The summed E-state index contributed by atoms with van der Waals surface area (Å²) in [5.41, 5.74) is 0.547. The van der Waals surface area contributed by atoms with Gasteiger partial charge in [-0.15, -0.1) is 0 Å². The summed E-state index contributed by atoms with van der Waals surface area (Å²) in [6.45, 7) is 7.05. The molecule has 8 nitrogen and oxygen atoms in total. The molecule has 1 aromatic carbocycles. The number of carbonyl (C=O) groups excluding carboxylic acids is 1. The van der Waals surface area contributed by atoms with E-state index in [-0.39, 0.29) is 16.8 Å². The fourth-order valence-corrected chi connectivity index (χ4v) is 4.91. The number of guanidine groups is 1. The van der Waals surface area contributed by atoms with Crippen LogP contribution in [0.5, 0.6) is 0 Å². The monoisotopic (exact) mass is 407 g/mol. The quantitative estimate of drug-likeness (QED) is 0.708. The summed E-state index contributed by atoms with van der Waals surface area (Å²) >= 11 is 0. The maximum Gasteiger partial charge on any atom is 0.264 e. The van der Waals surface area contributed by atoms with Crippen LogP contribution >= 0.6 is 0 Å². The number of hydrogen-bond donors (Lipinski definition) is 3. The van der Waals surface area contributed by atoms with Gasteiger partial charge in [0, 0.05) is 18.7 Å². The first-order valence-corrected chi connectivity index (χ1v) is 11.2. The molecule has 3 N–H and O–H groups in total. The smallest absolute Gasteiger partial charge is 0.264 e. The van der Waals surface area contributed by atoms with Crippen LogP contribution in [0.1, 0.15) is 40.0 Å². The molecule has 1 aromatic rings. The summed E-state index contributed by atoms with van der Waals surface area (Å²) in [4.78, 5) is 17.9. The lowest BCUT2D eigenvalue weighted by molar-refractivity contribution is -0.114. The summed E-state index contributed by atoms with van der Waals surface area (Å²) in [5, 5.41) is 5.71. The molecular formula is C19H29N5O3S. The highest BCUT2D eigenvalue weighted by Crippen LogP contribution is 2.32. The maximum absolute atomic E-state index is 12.6. The molecular weight excluding hydrogens is 378 g/mol. The third-order valence-electron chi connectivity index (χ3n) is 5.71. The molecule has 1 aliphatic carbocycles. The van der Waals surface area contributed by atoms with E-state index in [1.54, 1.807) is 12.1 Å². The number of aliphatic imine (C=N–C) groups is 1. The minimum atomic E-state index is -3.74. The SMILES string of the molecule is CC(=O)Nc1ccc(S(=O)(=O)NC2=NCN([C@@H]3CCC[C@@H](C)[C@@H]3C)CN2)cc1. The molecule has 2 aliphatic rings. The summed E-state index contributed by atoms with van der Waals surface area (Å²) < 4.78 is 27.7. The van der Waals surface area contributed by atoms with E-state index >= 15 is 0 Å². The van der Waals surface area contributed by atoms with Crippen LogP contribution in [0.2, 0.25) is 0 Å². The van der Waals surface area contributed by atoms with Crippen LogP contribution < -0.4 is 15.4 Å². The highest BCUT2D eigenvalue weighted by Gasteiger charge is 2.32. The Hall–Kier alpha value is -2.13. The summed E-state index contributed by atoms with van der Waals surface area (Å²) in [6.07, 6.45) is 3.66. The molecule has 0 aromatic heterocycles. The van der Waals surface area contributed by atoms with Crippen molar-refractivity contribution in [1.29, 1.82) is 0 Å². The highest BCUT2D eigenvalue weighted by atomic mass is 32.2. The number of anilines is 1. The zero-order chi connectivity index (χ0) is 20.3. The average Bonchev–Trinajstić information content (AvgIpc) is 2.64. The summed E-state index contributed by atoms with van der Waals surface area (Å²) in [5.74, 6) is 1.36. The first-order chi connectivity index (χ1) is 13.3. The Bertz CT molecular complexity index is 838. The molecule has 0 radical (unpaired) electrons. The number of nitrogens with one attached hydrogen (secondary N) is 3. The van der Waals surface area contributed by atoms with Crippen molar-refractivity contribution >= 4 is 27.6 Å².